The van der Waals surface area contributed by atoms with Crippen LogP contribution in [0.4, 0.5) is 0 Å². The maximum Gasteiger partial charge on any atom is 0.0625 e. The fourth-order valence-corrected chi connectivity index (χ4v) is 0.622. The summed E-state index contributed by atoms with van der Waals surface area (Å²) in [7, 11) is 0. The fraction of sp³-hybridized carbons (Fsp3) is 0.800. The van der Waals surface area contributed by atoms with Gasteiger partial charge in [-0.3, -0.25) is 0 Å². The molecule has 1 heterocycles. The highest BCUT2D eigenvalue weighted by molar-refractivity contribution is 5.85. The molecule has 0 amide bonds. The summed E-state index contributed by atoms with van der Waals surface area (Å²) in [6, 6.07) is 2.13. The van der Waals surface area contributed by atoms with Gasteiger partial charge >= 0.3 is 0 Å². The number of halogens is 1. The summed E-state index contributed by atoms with van der Waals surface area (Å²) in [6.07, 6.45) is 0.729. The zero-order chi connectivity index (χ0) is 5.11. The van der Waals surface area contributed by atoms with Crippen LogP contribution in [0.5, 0.6) is 0 Å². The Morgan fingerprint density at radius 3 is 2.38 bits per heavy atom. The van der Waals surface area contributed by atoms with E-state index in [1.165, 1.54) is 0 Å². The Morgan fingerprint density at radius 2 is 2.25 bits per heavy atom. The van der Waals surface area contributed by atoms with Crippen LogP contribution in [0, 0.1) is 17.2 Å². The Balaban J connectivity index is 0.000000490. The predicted molar refractivity (Wildman–Crippen MR) is 33.8 cm³/mol. The molecule has 2 nitrogen and oxygen atoms in total. The van der Waals surface area contributed by atoms with Crippen molar-refractivity contribution >= 4 is 12.4 Å². The topological polar surface area (TPSA) is 35.8 Å². The van der Waals surface area contributed by atoms with Crippen LogP contribution in [0.1, 0.15) is 6.42 Å². The van der Waals surface area contributed by atoms with Crippen LogP contribution in [0.15, 0.2) is 0 Å². The molecule has 0 aromatic rings. The van der Waals surface area contributed by atoms with E-state index in [0.717, 1.165) is 19.5 Å². The van der Waals surface area contributed by atoms with Crippen molar-refractivity contribution in [2.45, 2.75) is 6.42 Å². The maximum atomic E-state index is 8.12. The third-order valence-corrected chi connectivity index (χ3v) is 1.25. The number of rotatable bonds is 1. The Bertz CT molecular complexity index is 93.1. The number of nitrogens with zero attached hydrogens (tertiary/aromatic N) is 1. The lowest BCUT2D eigenvalue weighted by Gasteiger charge is -2.23. The first kappa shape index (κ1) is 7.74. The van der Waals surface area contributed by atoms with Crippen molar-refractivity contribution in [3.8, 4) is 6.07 Å². The van der Waals surface area contributed by atoms with Crippen molar-refractivity contribution in [3.63, 3.8) is 0 Å². The molecule has 0 aromatic heterocycles. The minimum atomic E-state index is 0. The van der Waals surface area contributed by atoms with Crippen LogP contribution in [0.25, 0.3) is 0 Å². The van der Waals surface area contributed by atoms with E-state index in [1.54, 1.807) is 0 Å². The van der Waals surface area contributed by atoms with E-state index in [4.69, 9.17) is 5.26 Å². The van der Waals surface area contributed by atoms with Crippen LogP contribution < -0.4 is 5.32 Å². The van der Waals surface area contributed by atoms with E-state index in [9.17, 15) is 0 Å². The van der Waals surface area contributed by atoms with Gasteiger partial charge in [0.15, 0.2) is 0 Å². The summed E-state index contributed by atoms with van der Waals surface area (Å²) in [4.78, 5) is 0. The molecular weight excluding hydrogens is 124 g/mol. The van der Waals surface area contributed by atoms with Gasteiger partial charge in [0.25, 0.3) is 0 Å². The second-order valence-corrected chi connectivity index (χ2v) is 1.89. The molecule has 8 heavy (non-hydrogen) atoms. The summed E-state index contributed by atoms with van der Waals surface area (Å²) in [5.74, 6) is 0.657. The SMILES string of the molecule is Cl.N#CCC1CNC1. The monoisotopic (exact) mass is 132 g/mol. The van der Waals surface area contributed by atoms with Crippen LogP contribution in [-0.4, -0.2) is 13.1 Å². The largest absolute Gasteiger partial charge is 0.316 e. The lowest BCUT2D eigenvalue weighted by Crippen LogP contribution is -2.41. The fourth-order valence-electron chi connectivity index (χ4n) is 0.622. The molecule has 0 aromatic carbocycles. The molecule has 0 unspecified atom stereocenters. The zero-order valence-corrected chi connectivity index (χ0v) is 5.37. The molecule has 0 saturated carbocycles. The van der Waals surface area contributed by atoms with Crippen molar-refractivity contribution < 1.29 is 0 Å². The van der Waals surface area contributed by atoms with Crippen molar-refractivity contribution in [2.24, 2.45) is 5.92 Å². The normalized spacial score (nSPS) is 17.9. The Hall–Kier alpha value is -0.260. The average molecular weight is 133 g/mol. The molecule has 0 radical (unpaired) electrons. The van der Waals surface area contributed by atoms with E-state index < -0.39 is 0 Å². The summed E-state index contributed by atoms with van der Waals surface area (Å²) in [5, 5.41) is 11.2. The standard InChI is InChI=1S/C5H8N2.ClH/c6-2-1-5-3-7-4-5;/h5,7H,1,3-4H2;1H. The second-order valence-electron chi connectivity index (χ2n) is 1.89. The minimum Gasteiger partial charge on any atom is -0.316 e. The van der Waals surface area contributed by atoms with E-state index in [1.807, 2.05) is 0 Å². The third-order valence-electron chi connectivity index (χ3n) is 1.25. The second kappa shape index (κ2) is 3.71. The van der Waals surface area contributed by atoms with Crippen LogP contribution in [-0.2, 0) is 0 Å². The Morgan fingerprint density at radius 1 is 1.62 bits per heavy atom. The number of hydrogen-bond acceptors (Lipinski definition) is 2. The van der Waals surface area contributed by atoms with Gasteiger partial charge in [0.05, 0.1) is 6.07 Å². The quantitative estimate of drug-likeness (QED) is 0.566. The lowest BCUT2D eigenvalue weighted by atomic mass is 10.0. The smallest absolute Gasteiger partial charge is 0.0625 e. The molecular formula is C5H9ClN2. The highest BCUT2D eigenvalue weighted by Gasteiger charge is 2.14. The molecule has 0 atom stereocenters. The van der Waals surface area contributed by atoms with Crippen molar-refractivity contribution in [1.82, 2.24) is 5.32 Å². The molecule has 0 bridgehead atoms. The van der Waals surface area contributed by atoms with Gasteiger partial charge in [-0.2, -0.15) is 5.26 Å². The van der Waals surface area contributed by atoms with E-state index in [2.05, 4.69) is 11.4 Å². The van der Waals surface area contributed by atoms with Gasteiger partial charge in [-0.05, 0) is 5.92 Å². The molecule has 1 N–H and O–H groups in total. The van der Waals surface area contributed by atoms with E-state index in [-0.39, 0.29) is 12.4 Å². The predicted octanol–water partition coefficient (Wildman–Crippen LogP) is 0.541. The number of nitriles is 1. The lowest BCUT2D eigenvalue weighted by molar-refractivity contribution is 0.355. The maximum absolute atomic E-state index is 8.12. The molecule has 1 saturated heterocycles. The number of hydrogen-bond donors (Lipinski definition) is 1. The summed E-state index contributed by atoms with van der Waals surface area (Å²) >= 11 is 0. The molecule has 0 spiro atoms. The van der Waals surface area contributed by atoms with Gasteiger partial charge in [0, 0.05) is 19.5 Å². The van der Waals surface area contributed by atoms with Gasteiger partial charge in [0.2, 0.25) is 0 Å². The van der Waals surface area contributed by atoms with Gasteiger partial charge in [-0.25, -0.2) is 0 Å². The Kier molecular flexibility index (Phi) is 3.59. The highest BCUT2D eigenvalue weighted by atomic mass is 35.5. The molecule has 1 aliphatic heterocycles. The van der Waals surface area contributed by atoms with Crippen LogP contribution in [0.3, 0.4) is 0 Å². The van der Waals surface area contributed by atoms with Crippen molar-refractivity contribution in [3.05, 3.63) is 0 Å². The van der Waals surface area contributed by atoms with Crippen LogP contribution in [0.2, 0.25) is 0 Å². The molecule has 0 aliphatic carbocycles. The van der Waals surface area contributed by atoms with Gasteiger partial charge < -0.3 is 5.32 Å². The molecule has 3 heteroatoms. The van der Waals surface area contributed by atoms with Gasteiger partial charge in [-0.1, -0.05) is 0 Å². The molecule has 1 fully saturated rings. The minimum absolute atomic E-state index is 0. The molecule has 46 valence electrons. The van der Waals surface area contributed by atoms with Crippen molar-refractivity contribution in [1.29, 1.82) is 5.26 Å². The molecule has 1 rings (SSSR count). The van der Waals surface area contributed by atoms with Gasteiger partial charge in [-0.15, -0.1) is 12.4 Å². The summed E-state index contributed by atoms with van der Waals surface area (Å²) in [6.45, 7) is 2.10. The van der Waals surface area contributed by atoms with Gasteiger partial charge in [0.1, 0.15) is 0 Å². The molecule has 1 aliphatic rings. The third kappa shape index (κ3) is 1.69. The average Bonchev–Trinajstić information content (AvgIpc) is 1.55. The first-order valence-electron chi connectivity index (χ1n) is 2.51. The van der Waals surface area contributed by atoms with Crippen LogP contribution >= 0.6 is 12.4 Å². The number of nitrogens with one attached hydrogen (secondary N) is 1. The first-order valence-corrected chi connectivity index (χ1v) is 2.51. The zero-order valence-electron chi connectivity index (χ0n) is 4.55. The highest BCUT2D eigenvalue weighted by Crippen LogP contribution is 2.05. The summed E-state index contributed by atoms with van der Waals surface area (Å²) in [5.41, 5.74) is 0. The first-order chi connectivity index (χ1) is 3.43. The summed E-state index contributed by atoms with van der Waals surface area (Å²) < 4.78 is 0. The van der Waals surface area contributed by atoms with Crippen molar-refractivity contribution in [2.75, 3.05) is 13.1 Å². The van der Waals surface area contributed by atoms with E-state index in [0.29, 0.717) is 5.92 Å². The van der Waals surface area contributed by atoms with E-state index >= 15 is 0 Å². The Labute approximate surface area is 55.3 Å².